The van der Waals surface area contributed by atoms with Crippen LogP contribution in [-0.4, -0.2) is 21.5 Å². The van der Waals surface area contributed by atoms with E-state index >= 15 is 0 Å². The Hall–Kier alpha value is -1.93. The third-order valence-corrected chi connectivity index (χ3v) is 3.87. The molecule has 0 aliphatic carbocycles. The summed E-state index contributed by atoms with van der Waals surface area (Å²) in [5.41, 5.74) is 6.20. The summed E-state index contributed by atoms with van der Waals surface area (Å²) in [7, 11) is 0. The smallest absolute Gasteiger partial charge is 0.337 e. The lowest BCUT2D eigenvalue weighted by Crippen LogP contribution is -2.04. The molecule has 0 aliphatic rings. The largest absolute Gasteiger partial charge is 0.416 e. The molecular weight excluding hydrogens is 301 g/mol. The van der Waals surface area contributed by atoms with E-state index in [0.717, 1.165) is 17.1 Å². The zero-order valence-electron chi connectivity index (χ0n) is 10.7. The van der Waals surface area contributed by atoms with Crippen LogP contribution in [0.4, 0.5) is 13.2 Å². The number of imidazole rings is 1. The molecule has 3 N–H and O–H groups in total. The Morgan fingerprint density at radius 3 is 2.76 bits per heavy atom. The van der Waals surface area contributed by atoms with Crippen LogP contribution in [0.3, 0.4) is 0 Å². The minimum Gasteiger partial charge on any atom is -0.337 e. The number of aromatic amines is 1. The molecule has 0 fully saturated rings. The average Bonchev–Trinajstić information content (AvgIpc) is 3.02. The van der Waals surface area contributed by atoms with Crippen molar-refractivity contribution in [3.05, 3.63) is 34.2 Å². The third kappa shape index (κ3) is 2.77. The fourth-order valence-electron chi connectivity index (χ4n) is 1.97. The lowest BCUT2D eigenvalue weighted by Gasteiger charge is -2.05. The highest BCUT2D eigenvalue weighted by Crippen LogP contribution is 2.31. The SMILES string of the molecule is NCCc1nc(-c2nc3ccc(C(F)(F)F)cc3[nH]2)cs1. The second kappa shape index (κ2) is 5.12. The lowest BCUT2D eigenvalue weighted by molar-refractivity contribution is -0.137. The van der Waals surface area contributed by atoms with Crippen LogP contribution in [0.2, 0.25) is 0 Å². The number of thiazole rings is 1. The van der Waals surface area contributed by atoms with Gasteiger partial charge in [-0.05, 0) is 24.7 Å². The van der Waals surface area contributed by atoms with Gasteiger partial charge in [0.25, 0.3) is 0 Å². The second-order valence-electron chi connectivity index (χ2n) is 4.48. The number of fused-ring (bicyclic) bond motifs is 1. The van der Waals surface area contributed by atoms with Gasteiger partial charge in [0.05, 0.1) is 21.6 Å². The molecule has 8 heteroatoms. The normalized spacial score (nSPS) is 12.2. The molecule has 0 amide bonds. The molecule has 2 heterocycles. The summed E-state index contributed by atoms with van der Waals surface area (Å²) in [6.45, 7) is 0.502. The van der Waals surface area contributed by atoms with Crippen LogP contribution in [0, 0.1) is 0 Å². The van der Waals surface area contributed by atoms with Crippen LogP contribution in [0.1, 0.15) is 10.6 Å². The predicted molar refractivity (Wildman–Crippen MR) is 75.0 cm³/mol. The van der Waals surface area contributed by atoms with Gasteiger partial charge in [-0.3, -0.25) is 0 Å². The molecular formula is C13H11F3N4S. The van der Waals surface area contributed by atoms with E-state index < -0.39 is 11.7 Å². The van der Waals surface area contributed by atoms with Crippen LogP contribution in [0.15, 0.2) is 23.6 Å². The first kappa shape index (κ1) is 14.0. The van der Waals surface area contributed by atoms with Gasteiger partial charge < -0.3 is 10.7 Å². The summed E-state index contributed by atoms with van der Waals surface area (Å²) < 4.78 is 38.0. The molecule has 0 saturated carbocycles. The van der Waals surface area contributed by atoms with Crippen molar-refractivity contribution < 1.29 is 13.2 Å². The van der Waals surface area contributed by atoms with Crippen LogP contribution < -0.4 is 5.73 Å². The highest BCUT2D eigenvalue weighted by atomic mass is 32.1. The van der Waals surface area contributed by atoms with E-state index in [1.807, 2.05) is 5.38 Å². The molecule has 0 atom stereocenters. The summed E-state index contributed by atoms with van der Waals surface area (Å²) >= 11 is 1.46. The van der Waals surface area contributed by atoms with E-state index in [9.17, 15) is 13.2 Å². The number of nitrogens with zero attached hydrogens (tertiary/aromatic N) is 2. The quantitative estimate of drug-likeness (QED) is 0.780. The van der Waals surface area contributed by atoms with Crippen molar-refractivity contribution in [2.75, 3.05) is 6.54 Å². The Balaban J connectivity index is 2.00. The summed E-state index contributed by atoms with van der Waals surface area (Å²) in [5, 5.41) is 2.69. The van der Waals surface area contributed by atoms with E-state index in [2.05, 4.69) is 15.0 Å². The highest BCUT2D eigenvalue weighted by Gasteiger charge is 2.30. The third-order valence-electron chi connectivity index (χ3n) is 2.96. The first-order valence-electron chi connectivity index (χ1n) is 6.19. The van der Waals surface area contributed by atoms with Gasteiger partial charge in [0.15, 0.2) is 5.82 Å². The van der Waals surface area contributed by atoms with Gasteiger partial charge >= 0.3 is 6.18 Å². The van der Waals surface area contributed by atoms with Crippen molar-refractivity contribution in [2.45, 2.75) is 12.6 Å². The molecule has 21 heavy (non-hydrogen) atoms. The van der Waals surface area contributed by atoms with Gasteiger partial charge in [-0.2, -0.15) is 13.2 Å². The molecule has 0 bridgehead atoms. The van der Waals surface area contributed by atoms with Crippen molar-refractivity contribution in [3.63, 3.8) is 0 Å². The number of aromatic nitrogens is 3. The first-order valence-corrected chi connectivity index (χ1v) is 7.07. The minimum absolute atomic E-state index is 0.341. The van der Waals surface area contributed by atoms with Crippen molar-refractivity contribution >= 4 is 22.4 Å². The average molecular weight is 312 g/mol. The van der Waals surface area contributed by atoms with Crippen molar-refractivity contribution in [3.8, 4) is 11.5 Å². The number of alkyl halides is 3. The maximum Gasteiger partial charge on any atom is 0.416 e. The second-order valence-corrected chi connectivity index (χ2v) is 5.42. The summed E-state index contributed by atoms with van der Waals surface area (Å²) in [6, 6.07) is 3.43. The van der Waals surface area contributed by atoms with E-state index in [0.29, 0.717) is 35.5 Å². The van der Waals surface area contributed by atoms with Gasteiger partial charge in [0, 0.05) is 11.8 Å². The van der Waals surface area contributed by atoms with Crippen LogP contribution in [-0.2, 0) is 12.6 Å². The number of rotatable bonds is 3. The minimum atomic E-state index is -4.37. The van der Waals surface area contributed by atoms with E-state index in [4.69, 9.17) is 5.73 Å². The zero-order valence-corrected chi connectivity index (χ0v) is 11.6. The first-order chi connectivity index (χ1) is 9.97. The number of benzene rings is 1. The maximum absolute atomic E-state index is 12.7. The standard InChI is InChI=1S/C13H11F3N4S/c14-13(15,16)7-1-2-8-9(5-7)20-12(19-8)10-6-21-11(18-10)3-4-17/h1-2,5-6H,3-4,17H2,(H,19,20). The molecule has 0 radical (unpaired) electrons. The lowest BCUT2D eigenvalue weighted by atomic mass is 10.2. The van der Waals surface area contributed by atoms with Crippen molar-refractivity contribution in [1.29, 1.82) is 0 Å². The molecule has 0 spiro atoms. The fraction of sp³-hybridized carbons (Fsp3) is 0.231. The molecule has 3 aromatic rings. The molecule has 0 saturated heterocycles. The topological polar surface area (TPSA) is 67.6 Å². The zero-order chi connectivity index (χ0) is 15.0. The van der Waals surface area contributed by atoms with E-state index in [1.165, 1.54) is 17.4 Å². The Labute approximate surface area is 121 Å². The Morgan fingerprint density at radius 2 is 2.05 bits per heavy atom. The van der Waals surface area contributed by atoms with Crippen LogP contribution in [0.5, 0.6) is 0 Å². The van der Waals surface area contributed by atoms with Crippen molar-refractivity contribution in [2.24, 2.45) is 5.73 Å². The summed E-state index contributed by atoms with van der Waals surface area (Å²) in [6.07, 6.45) is -3.70. The van der Waals surface area contributed by atoms with Gasteiger partial charge in [-0.1, -0.05) is 0 Å². The molecule has 3 rings (SSSR count). The van der Waals surface area contributed by atoms with Crippen molar-refractivity contribution in [1.82, 2.24) is 15.0 Å². The molecule has 110 valence electrons. The van der Waals surface area contributed by atoms with Gasteiger partial charge in [-0.25, -0.2) is 9.97 Å². The monoisotopic (exact) mass is 312 g/mol. The number of hydrogen-bond donors (Lipinski definition) is 2. The molecule has 4 nitrogen and oxygen atoms in total. The summed E-state index contributed by atoms with van der Waals surface area (Å²) in [5.74, 6) is 0.462. The number of nitrogens with two attached hydrogens (primary N) is 1. The highest BCUT2D eigenvalue weighted by molar-refractivity contribution is 7.09. The molecule has 0 aliphatic heterocycles. The number of hydrogen-bond acceptors (Lipinski definition) is 4. The fourth-order valence-corrected chi connectivity index (χ4v) is 2.76. The Bertz CT molecular complexity index is 775. The van der Waals surface area contributed by atoms with Gasteiger partial charge in [-0.15, -0.1) is 11.3 Å². The summed E-state index contributed by atoms with van der Waals surface area (Å²) in [4.78, 5) is 11.5. The van der Waals surface area contributed by atoms with Crippen LogP contribution >= 0.6 is 11.3 Å². The van der Waals surface area contributed by atoms with Gasteiger partial charge in [0.1, 0.15) is 5.69 Å². The molecule has 2 aromatic heterocycles. The van der Waals surface area contributed by atoms with E-state index in [-0.39, 0.29) is 0 Å². The molecule has 1 aromatic carbocycles. The molecule has 0 unspecified atom stereocenters. The van der Waals surface area contributed by atoms with E-state index in [1.54, 1.807) is 0 Å². The maximum atomic E-state index is 12.7. The Morgan fingerprint density at radius 1 is 1.24 bits per heavy atom. The number of nitrogens with one attached hydrogen (secondary N) is 1. The predicted octanol–water partition coefficient (Wildman–Crippen LogP) is 3.21. The van der Waals surface area contributed by atoms with Crippen LogP contribution in [0.25, 0.3) is 22.6 Å². The van der Waals surface area contributed by atoms with Gasteiger partial charge in [0.2, 0.25) is 0 Å². The number of H-pyrrole nitrogens is 1. The Kier molecular flexibility index (Phi) is 3.42. The number of halogens is 3.